The summed E-state index contributed by atoms with van der Waals surface area (Å²) in [7, 11) is -1.93. The molecule has 1 fully saturated rings. The average Bonchev–Trinajstić information content (AvgIpc) is 2.74. The lowest BCUT2D eigenvalue weighted by Gasteiger charge is -2.31. The zero-order valence-corrected chi connectivity index (χ0v) is 19.7. The third-order valence-electron chi connectivity index (χ3n) is 5.35. The monoisotopic (exact) mass is 479 g/mol. The van der Waals surface area contributed by atoms with Crippen LogP contribution in [0.1, 0.15) is 28.8 Å². The SMILES string of the molecule is COc1ccc(Cl)cc1C(=O)N1CCC(C(=O)Nc2ccc(C)c(NS(C)(=O)=O)c2)CC1. The van der Waals surface area contributed by atoms with Crippen molar-refractivity contribution in [1.29, 1.82) is 0 Å². The molecular weight excluding hydrogens is 454 g/mol. The molecule has 2 aromatic carbocycles. The maximum absolute atomic E-state index is 12.9. The first-order valence-electron chi connectivity index (χ1n) is 10.1. The predicted octanol–water partition coefficient (Wildman–Crippen LogP) is 3.52. The van der Waals surface area contributed by atoms with Crippen LogP contribution >= 0.6 is 11.6 Å². The number of hydrogen-bond acceptors (Lipinski definition) is 5. The van der Waals surface area contributed by atoms with Crippen molar-refractivity contribution in [3.05, 3.63) is 52.5 Å². The van der Waals surface area contributed by atoms with E-state index in [9.17, 15) is 18.0 Å². The lowest BCUT2D eigenvalue weighted by molar-refractivity contribution is -0.121. The number of hydrogen-bond donors (Lipinski definition) is 2. The maximum Gasteiger partial charge on any atom is 0.257 e. The highest BCUT2D eigenvalue weighted by atomic mass is 35.5. The van der Waals surface area contributed by atoms with Gasteiger partial charge >= 0.3 is 0 Å². The van der Waals surface area contributed by atoms with Crippen molar-refractivity contribution in [2.45, 2.75) is 19.8 Å². The van der Waals surface area contributed by atoms with Gasteiger partial charge in [-0.25, -0.2) is 8.42 Å². The second-order valence-corrected chi connectivity index (χ2v) is 9.99. The summed E-state index contributed by atoms with van der Waals surface area (Å²) in [4.78, 5) is 27.4. The van der Waals surface area contributed by atoms with Gasteiger partial charge in [0.2, 0.25) is 15.9 Å². The van der Waals surface area contributed by atoms with Crippen molar-refractivity contribution in [2.75, 3.05) is 36.5 Å². The molecule has 0 atom stereocenters. The number of likely N-dealkylation sites (tertiary alicyclic amines) is 1. The minimum Gasteiger partial charge on any atom is -0.496 e. The van der Waals surface area contributed by atoms with Crippen molar-refractivity contribution >= 4 is 44.8 Å². The molecule has 2 amide bonds. The van der Waals surface area contributed by atoms with Crippen LogP contribution in [0.25, 0.3) is 0 Å². The number of aryl methyl sites for hydroxylation is 1. The highest BCUT2D eigenvalue weighted by molar-refractivity contribution is 7.92. The Labute approximate surface area is 192 Å². The van der Waals surface area contributed by atoms with Crippen LogP contribution in [-0.2, 0) is 14.8 Å². The van der Waals surface area contributed by atoms with Gasteiger partial charge in [0.25, 0.3) is 5.91 Å². The quantitative estimate of drug-likeness (QED) is 0.659. The molecule has 1 heterocycles. The van der Waals surface area contributed by atoms with Gasteiger partial charge in [0.15, 0.2) is 0 Å². The number of piperidine rings is 1. The number of carbonyl (C=O) groups excluding carboxylic acids is 2. The molecule has 0 bridgehead atoms. The molecule has 3 rings (SSSR count). The molecule has 1 saturated heterocycles. The van der Waals surface area contributed by atoms with Crippen LogP contribution in [0.3, 0.4) is 0 Å². The van der Waals surface area contributed by atoms with E-state index in [1.165, 1.54) is 7.11 Å². The Bertz CT molecular complexity index is 1130. The third-order valence-corrected chi connectivity index (χ3v) is 6.17. The summed E-state index contributed by atoms with van der Waals surface area (Å²) < 4.78 is 30.8. The highest BCUT2D eigenvalue weighted by Crippen LogP contribution is 2.27. The van der Waals surface area contributed by atoms with Crippen molar-refractivity contribution in [1.82, 2.24) is 4.90 Å². The van der Waals surface area contributed by atoms with Gasteiger partial charge in [-0.2, -0.15) is 0 Å². The Morgan fingerprint density at radius 3 is 2.44 bits per heavy atom. The van der Waals surface area contributed by atoms with E-state index in [4.69, 9.17) is 16.3 Å². The summed E-state index contributed by atoms with van der Waals surface area (Å²) in [6.07, 6.45) is 2.10. The predicted molar refractivity (Wildman–Crippen MR) is 125 cm³/mol. The Hall–Kier alpha value is -2.78. The van der Waals surface area contributed by atoms with E-state index in [1.807, 2.05) is 0 Å². The third kappa shape index (κ3) is 5.92. The molecular formula is C22H26ClN3O5S. The molecule has 8 nitrogen and oxygen atoms in total. The van der Waals surface area contributed by atoms with Crippen LogP contribution in [0.5, 0.6) is 5.75 Å². The minimum atomic E-state index is -3.43. The Balaban J connectivity index is 1.62. The molecule has 2 N–H and O–H groups in total. The van der Waals surface area contributed by atoms with Gasteiger partial charge in [0, 0.05) is 29.7 Å². The summed E-state index contributed by atoms with van der Waals surface area (Å²) in [6, 6.07) is 9.97. The summed E-state index contributed by atoms with van der Waals surface area (Å²) in [5.41, 5.74) is 2.07. The first kappa shape index (κ1) is 23.9. The molecule has 0 unspecified atom stereocenters. The molecule has 0 aliphatic carbocycles. The molecule has 0 spiro atoms. The Morgan fingerprint density at radius 1 is 1.12 bits per heavy atom. The molecule has 1 aliphatic heterocycles. The largest absolute Gasteiger partial charge is 0.496 e. The number of halogens is 1. The number of rotatable bonds is 6. The fraction of sp³-hybridized carbons (Fsp3) is 0.364. The van der Waals surface area contributed by atoms with Crippen molar-refractivity contribution in [2.24, 2.45) is 5.92 Å². The van der Waals surface area contributed by atoms with Crippen molar-refractivity contribution in [3.8, 4) is 5.75 Å². The number of amides is 2. The second kappa shape index (κ2) is 9.79. The van der Waals surface area contributed by atoms with E-state index in [0.717, 1.165) is 11.8 Å². The molecule has 0 saturated carbocycles. The molecule has 32 heavy (non-hydrogen) atoms. The minimum absolute atomic E-state index is 0.161. The smallest absolute Gasteiger partial charge is 0.257 e. The zero-order valence-electron chi connectivity index (χ0n) is 18.1. The molecule has 2 aromatic rings. The van der Waals surface area contributed by atoms with Gasteiger partial charge in [-0.15, -0.1) is 0 Å². The van der Waals surface area contributed by atoms with Gasteiger partial charge in [-0.05, 0) is 55.7 Å². The first-order chi connectivity index (χ1) is 15.1. The number of anilines is 2. The van der Waals surface area contributed by atoms with Gasteiger partial charge < -0.3 is 15.0 Å². The van der Waals surface area contributed by atoms with Crippen LogP contribution in [0, 0.1) is 12.8 Å². The lowest BCUT2D eigenvalue weighted by Crippen LogP contribution is -2.41. The van der Waals surface area contributed by atoms with E-state index in [-0.39, 0.29) is 17.7 Å². The highest BCUT2D eigenvalue weighted by Gasteiger charge is 2.29. The van der Waals surface area contributed by atoms with Crippen molar-refractivity contribution < 1.29 is 22.7 Å². The molecule has 0 radical (unpaired) electrons. The van der Waals surface area contributed by atoms with Gasteiger partial charge in [0.05, 0.1) is 24.6 Å². The fourth-order valence-corrected chi connectivity index (χ4v) is 4.41. The fourth-order valence-electron chi connectivity index (χ4n) is 3.62. The number of nitrogens with one attached hydrogen (secondary N) is 2. The zero-order chi connectivity index (χ0) is 23.5. The van der Waals surface area contributed by atoms with Crippen LogP contribution in [0.15, 0.2) is 36.4 Å². The van der Waals surface area contributed by atoms with E-state index < -0.39 is 10.0 Å². The van der Waals surface area contributed by atoms with Gasteiger partial charge in [-0.3, -0.25) is 14.3 Å². The number of benzene rings is 2. The lowest BCUT2D eigenvalue weighted by atomic mass is 9.95. The summed E-state index contributed by atoms with van der Waals surface area (Å²) in [6.45, 7) is 2.64. The summed E-state index contributed by atoms with van der Waals surface area (Å²) >= 11 is 6.04. The molecule has 1 aliphatic rings. The van der Waals surface area contributed by atoms with Crippen LogP contribution in [0.4, 0.5) is 11.4 Å². The molecule has 172 valence electrons. The maximum atomic E-state index is 12.9. The number of ether oxygens (including phenoxy) is 1. The van der Waals surface area contributed by atoms with Gasteiger partial charge in [0.1, 0.15) is 5.75 Å². The molecule has 10 heteroatoms. The summed E-state index contributed by atoms with van der Waals surface area (Å²) in [5.74, 6) is -0.144. The van der Waals surface area contributed by atoms with Crippen molar-refractivity contribution in [3.63, 3.8) is 0 Å². The second-order valence-electron chi connectivity index (χ2n) is 7.80. The normalized spacial score (nSPS) is 14.7. The summed E-state index contributed by atoms with van der Waals surface area (Å²) in [5, 5.41) is 3.30. The van der Waals surface area contributed by atoms with Gasteiger partial charge in [-0.1, -0.05) is 17.7 Å². The van der Waals surface area contributed by atoms with Crippen LogP contribution < -0.4 is 14.8 Å². The van der Waals surface area contributed by atoms with E-state index >= 15 is 0 Å². The Kier molecular flexibility index (Phi) is 7.30. The first-order valence-corrected chi connectivity index (χ1v) is 12.4. The van der Waals surface area contributed by atoms with Crippen LogP contribution in [0.2, 0.25) is 5.02 Å². The average molecular weight is 480 g/mol. The van der Waals surface area contributed by atoms with E-state index in [1.54, 1.807) is 48.2 Å². The number of sulfonamides is 1. The van der Waals surface area contributed by atoms with E-state index in [0.29, 0.717) is 53.6 Å². The molecule has 0 aromatic heterocycles. The Morgan fingerprint density at radius 2 is 1.81 bits per heavy atom. The number of nitrogens with zero attached hydrogens (tertiary/aromatic N) is 1. The van der Waals surface area contributed by atoms with E-state index in [2.05, 4.69) is 10.0 Å². The number of methoxy groups -OCH3 is 1. The number of carbonyl (C=O) groups is 2. The standard InChI is InChI=1S/C22H26ClN3O5S/c1-14-4-6-17(13-19(14)25-32(3,29)30)24-21(27)15-8-10-26(11-9-15)22(28)18-12-16(23)5-7-20(18)31-2/h4-7,12-13,15,25H,8-11H2,1-3H3,(H,24,27). The topological polar surface area (TPSA) is 105 Å². The van der Waals surface area contributed by atoms with Crippen LogP contribution in [-0.4, -0.2) is 51.6 Å².